The quantitative estimate of drug-likeness (QED) is 0.604. The fourth-order valence-electron chi connectivity index (χ4n) is 1.97. The normalized spacial score (nSPS) is 17.5. The molecule has 16 heavy (non-hydrogen) atoms. The zero-order valence-corrected chi connectivity index (χ0v) is 9.57. The summed E-state index contributed by atoms with van der Waals surface area (Å²) in [7, 11) is 0. The maximum atomic E-state index is 5.63. The van der Waals surface area contributed by atoms with Gasteiger partial charge in [0.2, 0.25) is 0 Å². The van der Waals surface area contributed by atoms with Crippen LogP contribution >= 0.6 is 0 Å². The summed E-state index contributed by atoms with van der Waals surface area (Å²) >= 11 is 0. The maximum absolute atomic E-state index is 5.63. The first-order valence-electron chi connectivity index (χ1n) is 5.64. The summed E-state index contributed by atoms with van der Waals surface area (Å²) in [6.07, 6.45) is 3.95. The Hall–Kier alpha value is -1.32. The van der Waals surface area contributed by atoms with Crippen molar-refractivity contribution in [1.82, 2.24) is 5.43 Å². The van der Waals surface area contributed by atoms with Crippen molar-refractivity contribution in [2.75, 3.05) is 6.61 Å². The molecule has 0 saturated heterocycles. The van der Waals surface area contributed by atoms with Crippen molar-refractivity contribution in [2.45, 2.75) is 25.8 Å². The summed E-state index contributed by atoms with van der Waals surface area (Å²) in [5, 5.41) is 0. The Morgan fingerprint density at radius 3 is 2.62 bits per heavy atom. The fourth-order valence-corrected chi connectivity index (χ4v) is 1.97. The average Bonchev–Trinajstić information content (AvgIpc) is 2.34. The molecule has 1 heterocycles. The maximum Gasteiger partial charge on any atom is 0.0876 e. The van der Waals surface area contributed by atoms with Crippen LogP contribution in [0.15, 0.2) is 36.1 Å². The SMILES string of the molecule is Cc1ccc(C(NN)C2=COCCC2)cc1. The molecule has 1 aromatic rings. The number of aryl methyl sites for hydroxylation is 1. The number of benzene rings is 1. The molecule has 1 aromatic carbocycles. The molecule has 86 valence electrons. The molecule has 0 bridgehead atoms. The Balaban J connectivity index is 2.21. The van der Waals surface area contributed by atoms with Crippen molar-refractivity contribution in [1.29, 1.82) is 0 Å². The number of hydrogen-bond acceptors (Lipinski definition) is 3. The van der Waals surface area contributed by atoms with Crippen molar-refractivity contribution in [2.24, 2.45) is 5.84 Å². The highest BCUT2D eigenvalue weighted by molar-refractivity contribution is 5.30. The number of rotatable bonds is 3. The van der Waals surface area contributed by atoms with Crippen LogP contribution in [0.5, 0.6) is 0 Å². The predicted octanol–water partition coefficient (Wildman–Crippen LogP) is 2.19. The van der Waals surface area contributed by atoms with Gasteiger partial charge in [0.05, 0.1) is 18.9 Å². The molecule has 0 aliphatic carbocycles. The van der Waals surface area contributed by atoms with E-state index in [0.717, 1.165) is 19.4 Å². The molecule has 3 nitrogen and oxygen atoms in total. The van der Waals surface area contributed by atoms with Crippen LogP contribution in [-0.2, 0) is 4.74 Å². The minimum atomic E-state index is 0.0703. The summed E-state index contributed by atoms with van der Waals surface area (Å²) in [4.78, 5) is 0. The van der Waals surface area contributed by atoms with Gasteiger partial charge < -0.3 is 4.74 Å². The second kappa shape index (κ2) is 5.14. The summed E-state index contributed by atoms with van der Waals surface area (Å²) in [6, 6.07) is 8.49. The molecule has 0 spiro atoms. The Morgan fingerprint density at radius 1 is 1.31 bits per heavy atom. The van der Waals surface area contributed by atoms with Crippen LogP contribution in [0.25, 0.3) is 0 Å². The van der Waals surface area contributed by atoms with E-state index < -0.39 is 0 Å². The number of hydrogen-bond donors (Lipinski definition) is 2. The van der Waals surface area contributed by atoms with E-state index in [1.165, 1.54) is 16.7 Å². The molecule has 1 unspecified atom stereocenters. The van der Waals surface area contributed by atoms with E-state index in [1.807, 2.05) is 6.26 Å². The smallest absolute Gasteiger partial charge is 0.0876 e. The molecule has 0 amide bonds. The van der Waals surface area contributed by atoms with Crippen LogP contribution in [0.1, 0.15) is 30.0 Å². The molecular weight excluding hydrogens is 200 g/mol. The third-order valence-electron chi connectivity index (χ3n) is 2.91. The van der Waals surface area contributed by atoms with Crippen LogP contribution in [0.3, 0.4) is 0 Å². The number of hydrazine groups is 1. The number of ether oxygens (including phenoxy) is 1. The topological polar surface area (TPSA) is 47.3 Å². The Kier molecular flexibility index (Phi) is 3.59. The first-order chi connectivity index (χ1) is 7.81. The highest BCUT2D eigenvalue weighted by Gasteiger charge is 2.17. The van der Waals surface area contributed by atoms with Gasteiger partial charge in [-0.25, -0.2) is 5.43 Å². The number of nitrogens with two attached hydrogens (primary N) is 1. The third kappa shape index (κ3) is 2.43. The van der Waals surface area contributed by atoms with Gasteiger partial charge in [0.15, 0.2) is 0 Å². The molecule has 1 aliphatic rings. The van der Waals surface area contributed by atoms with Gasteiger partial charge in [0, 0.05) is 0 Å². The lowest BCUT2D eigenvalue weighted by atomic mass is 9.95. The predicted molar refractivity (Wildman–Crippen MR) is 64.5 cm³/mol. The van der Waals surface area contributed by atoms with Crippen molar-refractivity contribution < 1.29 is 4.74 Å². The van der Waals surface area contributed by atoms with Crippen LogP contribution in [0.4, 0.5) is 0 Å². The first-order valence-corrected chi connectivity index (χ1v) is 5.64. The van der Waals surface area contributed by atoms with Crippen molar-refractivity contribution in [3.63, 3.8) is 0 Å². The van der Waals surface area contributed by atoms with Crippen molar-refractivity contribution in [3.05, 3.63) is 47.2 Å². The van der Waals surface area contributed by atoms with E-state index in [-0.39, 0.29) is 6.04 Å². The molecule has 2 rings (SSSR count). The van der Waals surface area contributed by atoms with E-state index in [4.69, 9.17) is 10.6 Å². The molecule has 0 fully saturated rings. The van der Waals surface area contributed by atoms with Crippen molar-refractivity contribution >= 4 is 0 Å². The zero-order chi connectivity index (χ0) is 11.4. The lowest BCUT2D eigenvalue weighted by Crippen LogP contribution is -2.30. The summed E-state index contributed by atoms with van der Waals surface area (Å²) < 4.78 is 5.35. The highest BCUT2D eigenvalue weighted by atomic mass is 16.5. The van der Waals surface area contributed by atoms with Crippen molar-refractivity contribution in [3.8, 4) is 0 Å². The summed E-state index contributed by atoms with van der Waals surface area (Å²) in [5.74, 6) is 5.63. The van der Waals surface area contributed by atoms with Gasteiger partial charge in [0.1, 0.15) is 0 Å². The van der Waals surface area contributed by atoms with Gasteiger partial charge >= 0.3 is 0 Å². The highest BCUT2D eigenvalue weighted by Crippen LogP contribution is 2.26. The lowest BCUT2D eigenvalue weighted by molar-refractivity contribution is 0.219. The van der Waals surface area contributed by atoms with Gasteiger partial charge in [-0.15, -0.1) is 0 Å². The molecule has 0 aromatic heterocycles. The molecule has 3 heteroatoms. The Bertz CT molecular complexity index is 370. The van der Waals surface area contributed by atoms with Gasteiger partial charge in [-0.05, 0) is 30.9 Å². The zero-order valence-electron chi connectivity index (χ0n) is 9.57. The molecular formula is C13H18N2O. The molecule has 0 saturated carbocycles. The fraction of sp³-hybridized carbons (Fsp3) is 0.385. The first kappa shape index (κ1) is 11.2. The van der Waals surface area contributed by atoms with Crippen LogP contribution in [0, 0.1) is 6.92 Å². The van der Waals surface area contributed by atoms with Gasteiger partial charge in [0.25, 0.3) is 0 Å². The van der Waals surface area contributed by atoms with E-state index in [2.05, 4.69) is 36.6 Å². The molecule has 1 aliphatic heterocycles. The summed E-state index contributed by atoms with van der Waals surface area (Å²) in [6.45, 7) is 2.90. The van der Waals surface area contributed by atoms with E-state index in [0.29, 0.717) is 0 Å². The monoisotopic (exact) mass is 218 g/mol. The second-order valence-electron chi connectivity index (χ2n) is 4.18. The molecule has 0 radical (unpaired) electrons. The minimum Gasteiger partial charge on any atom is -0.501 e. The number of nitrogens with one attached hydrogen (secondary N) is 1. The third-order valence-corrected chi connectivity index (χ3v) is 2.91. The van der Waals surface area contributed by atoms with Gasteiger partial charge in [-0.1, -0.05) is 29.8 Å². The summed E-state index contributed by atoms with van der Waals surface area (Å²) in [5.41, 5.74) is 6.52. The second-order valence-corrected chi connectivity index (χ2v) is 4.18. The lowest BCUT2D eigenvalue weighted by Gasteiger charge is -2.23. The van der Waals surface area contributed by atoms with Gasteiger partial charge in [-0.3, -0.25) is 5.84 Å². The van der Waals surface area contributed by atoms with Crippen LogP contribution < -0.4 is 11.3 Å². The minimum absolute atomic E-state index is 0.0703. The van der Waals surface area contributed by atoms with E-state index >= 15 is 0 Å². The molecule has 3 N–H and O–H groups in total. The molecule has 1 atom stereocenters. The Morgan fingerprint density at radius 2 is 2.06 bits per heavy atom. The van der Waals surface area contributed by atoms with E-state index in [9.17, 15) is 0 Å². The van der Waals surface area contributed by atoms with E-state index in [1.54, 1.807) is 0 Å². The average molecular weight is 218 g/mol. The van der Waals surface area contributed by atoms with Crippen LogP contribution in [-0.4, -0.2) is 6.61 Å². The standard InChI is InChI=1S/C13H18N2O/c1-10-4-6-11(7-5-10)13(15-14)12-3-2-8-16-9-12/h4-7,9,13,15H,2-3,8,14H2,1H3. The Labute approximate surface area is 96.3 Å². The van der Waals surface area contributed by atoms with Crippen LogP contribution in [0.2, 0.25) is 0 Å². The largest absolute Gasteiger partial charge is 0.501 e. The van der Waals surface area contributed by atoms with Gasteiger partial charge in [-0.2, -0.15) is 0 Å².